The number of carbonyl (C=O) groups excluding carboxylic acids is 2. The number of alkyl halides is 1. The first-order chi connectivity index (χ1) is 15.7. The highest BCUT2D eigenvalue weighted by Crippen LogP contribution is 2.23. The number of hydrogen-bond acceptors (Lipinski definition) is 7. The third kappa shape index (κ3) is 5.31. The zero-order valence-electron chi connectivity index (χ0n) is 17.3. The predicted octanol–water partition coefficient (Wildman–Crippen LogP) is 4.76. The maximum atomic E-state index is 12.8. The van der Waals surface area contributed by atoms with Crippen LogP contribution in [-0.4, -0.2) is 42.0 Å². The van der Waals surface area contributed by atoms with Gasteiger partial charge in [-0.25, -0.2) is 9.78 Å². The van der Waals surface area contributed by atoms with Crippen LogP contribution in [0.5, 0.6) is 0 Å². The predicted molar refractivity (Wildman–Crippen MR) is 125 cm³/mol. The summed E-state index contributed by atoms with van der Waals surface area (Å²) in [6.07, 6.45) is 7.97. The first-order valence-electron chi connectivity index (χ1n) is 10.3. The number of esters is 1. The number of hydrogen-bond donors (Lipinski definition) is 1. The van der Waals surface area contributed by atoms with E-state index in [-0.39, 0.29) is 23.1 Å². The number of H-pyrrole nitrogens is 1. The SMILES string of the molecule is O=C(OCc1cn(CCCCCCBr)nn1)c1csc(C(=O)c2c[nH]c3ccccc23)n1. The molecule has 166 valence electrons. The molecule has 4 rings (SSSR count). The number of ketones is 1. The normalized spacial score (nSPS) is 11.2. The van der Waals surface area contributed by atoms with E-state index in [1.54, 1.807) is 17.1 Å². The maximum absolute atomic E-state index is 12.8. The lowest BCUT2D eigenvalue weighted by molar-refractivity contribution is 0.0461. The van der Waals surface area contributed by atoms with Crippen molar-refractivity contribution in [2.75, 3.05) is 5.33 Å². The minimum Gasteiger partial charge on any atom is -0.454 e. The van der Waals surface area contributed by atoms with E-state index in [4.69, 9.17) is 4.74 Å². The zero-order valence-corrected chi connectivity index (χ0v) is 19.7. The van der Waals surface area contributed by atoms with Gasteiger partial charge in [-0.15, -0.1) is 16.4 Å². The molecule has 0 amide bonds. The molecule has 0 fully saturated rings. The van der Waals surface area contributed by atoms with E-state index in [2.05, 4.69) is 36.2 Å². The van der Waals surface area contributed by atoms with E-state index in [1.807, 2.05) is 24.3 Å². The Morgan fingerprint density at radius 3 is 2.88 bits per heavy atom. The minimum atomic E-state index is -0.594. The number of thiazole rings is 1. The average molecular weight is 516 g/mol. The van der Waals surface area contributed by atoms with Crippen LogP contribution in [0.1, 0.15) is 57.2 Å². The Morgan fingerprint density at radius 2 is 2.00 bits per heavy atom. The van der Waals surface area contributed by atoms with Gasteiger partial charge in [0.2, 0.25) is 5.78 Å². The number of halogens is 1. The number of rotatable bonds is 11. The molecule has 32 heavy (non-hydrogen) atoms. The van der Waals surface area contributed by atoms with Gasteiger partial charge in [0.15, 0.2) is 10.7 Å². The monoisotopic (exact) mass is 515 g/mol. The van der Waals surface area contributed by atoms with Gasteiger partial charge in [-0.2, -0.15) is 0 Å². The number of nitrogens with one attached hydrogen (secondary N) is 1. The number of carbonyl (C=O) groups is 2. The molecule has 10 heteroatoms. The fourth-order valence-corrected chi connectivity index (χ4v) is 4.43. The van der Waals surface area contributed by atoms with Crippen molar-refractivity contribution in [3.05, 3.63) is 64.0 Å². The molecule has 0 bridgehead atoms. The van der Waals surface area contributed by atoms with Crippen LogP contribution in [0.25, 0.3) is 10.9 Å². The summed E-state index contributed by atoms with van der Waals surface area (Å²) in [5.74, 6) is -0.825. The number of unbranched alkanes of at least 4 members (excludes halogenated alkanes) is 3. The fraction of sp³-hybridized carbons (Fsp3) is 0.318. The van der Waals surface area contributed by atoms with Crippen LogP contribution in [0.15, 0.2) is 42.0 Å². The summed E-state index contributed by atoms with van der Waals surface area (Å²) in [4.78, 5) is 32.5. The Kier molecular flexibility index (Phi) is 7.43. The Balaban J connectivity index is 1.31. The number of aromatic nitrogens is 5. The Hall–Kier alpha value is -2.85. The molecule has 0 aliphatic carbocycles. The first-order valence-corrected chi connectivity index (χ1v) is 12.3. The van der Waals surface area contributed by atoms with Crippen molar-refractivity contribution in [2.24, 2.45) is 0 Å². The fourth-order valence-electron chi connectivity index (χ4n) is 3.30. The largest absolute Gasteiger partial charge is 0.454 e. The minimum absolute atomic E-state index is 0.00563. The molecule has 0 aliphatic heterocycles. The summed E-state index contributed by atoms with van der Waals surface area (Å²) in [5, 5.41) is 11.7. The summed E-state index contributed by atoms with van der Waals surface area (Å²) >= 11 is 4.55. The maximum Gasteiger partial charge on any atom is 0.358 e. The highest BCUT2D eigenvalue weighted by Gasteiger charge is 2.20. The molecule has 0 aliphatic rings. The topological polar surface area (TPSA) is 103 Å². The van der Waals surface area contributed by atoms with E-state index in [0.717, 1.165) is 47.0 Å². The van der Waals surface area contributed by atoms with Gasteiger partial charge < -0.3 is 9.72 Å². The molecule has 0 saturated heterocycles. The van der Waals surface area contributed by atoms with Crippen molar-refractivity contribution >= 4 is 49.9 Å². The first kappa shape index (κ1) is 22.3. The zero-order chi connectivity index (χ0) is 22.3. The number of aromatic amines is 1. The summed E-state index contributed by atoms with van der Waals surface area (Å²) in [5.41, 5.74) is 2.08. The van der Waals surface area contributed by atoms with E-state index >= 15 is 0 Å². The number of nitrogens with zero attached hydrogens (tertiary/aromatic N) is 4. The Morgan fingerprint density at radius 1 is 1.16 bits per heavy atom. The van der Waals surface area contributed by atoms with Gasteiger partial charge >= 0.3 is 5.97 Å². The molecule has 0 unspecified atom stereocenters. The van der Waals surface area contributed by atoms with Crippen molar-refractivity contribution in [3.8, 4) is 0 Å². The van der Waals surface area contributed by atoms with Gasteiger partial charge in [-0.05, 0) is 18.9 Å². The molecule has 0 radical (unpaired) electrons. The molecule has 4 aromatic rings. The number of benzene rings is 1. The average Bonchev–Trinajstić information content (AvgIpc) is 3.56. The third-order valence-corrected chi connectivity index (χ3v) is 6.35. The van der Waals surface area contributed by atoms with E-state index in [1.165, 1.54) is 18.2 Å². The summed E-state index contributed by atoms with van der Waals surface area (Å²) in [7, 11) is 0. The standard InChI is InChI=1S/C22H22BrN5O3S/c23-9-5-1-2-6-10-28-12-15(26-27-28)13-31-22(30)19-14-32-21(25-19)20(29)17-11-24-18-8-4-3-7-16(17)18/h3-4,7-8,11-12,14,24H,1-2,5-6,9-10,13H2. The van der Waals surface area contributed by atoms with Crippen molar-refractivity contribution in [3.63, 3.8) is 0 Å². The summed E-state index contributed by atoms with van der Waals surface area (Å²) < 4.78 is 7.07. The number of fused-ring (bicyclic) bond motifs is 1. The van der Waals surface area contributed by atoms with Crippen LogP contribution in [-0.2, 0) is 17.9 Å². The van der Waals surface area contributed by atoms with Gasteiger partial charge in [-0.1, -0.05) is 52.2 Å². The molecule has 3 heterocycles. The van der Waals surface area contributed by atoms with Crippen LogP contribution in [0.4, 0.5) is 0 Å². The lowest BCUT2D eigenvalue weighted by Crippen LogP contribution is -2.07. The number of ether oxygens (including phenoxy) is 1. The van der Waals surface area contributed by atoms with E-state index in [0.29, 0.717) is 11.3 Å². The van der Waals surface area contributed by atoms with E-state index < -0.39 is 5.97 Å². The van der Waals surface area contributed by atoms with E-state index in [9.17, 15) is 9.59 Å². The molecule has 8 nitrogen and oxygen atoms in total. The van der Waals surface area contributed by atoms with Gasteiger partial charge in [0.05, 0.1) is 11.8 Å². The molecule has 0 spiro atoms. The van der Waals surface area contributed by atoms with Gasteiger partial charge in [0, 0.05) is 34.4 Å². The van der Waals surface area contributed by atoms with Gasteiger partial charge in [0.1, 0.15) is 12.3 Å². The third-order valence-electron chi connectivity index (χ3n) is 4.95. The number of para-hydroxylation sites is 1. The molecule has 0 saturated carbocycles. The molecule has 1 N–H and O–H groups in total. The molecular weight excluding hydrogens is 494 g/mol. The van der Waals surface area contributed by atoms with Crippen molar-refractivity contribution < 1.29 is 14.3 Å². The van der Waals surface area contributed by atoms with Crippen LogP contribution in [0.2, 0.25) is 0 Å². The molecule has 1 aromatic carbocycles. The second kappa shape index (κ2) is 10.6. The van der Waals surface area contributed by atoms with Crippen LogP contribution < -0.4 is 0 Å². The Labute approximate surface area is 197 Å². The van der Waals surface area contributed by atoms with Crippen LogP contribution in [0.3, 0.4) is 0 Å². The molecular formula is C22H22BrN5O3S. The van der Waals surface area contributed by atoms with Crippen molar-refractivity contribution in [1.29, 1.82) is 0 Å². The Bertz CT molecular complexity index is 1220. The number of aryl methyl sites for hydroxylation is 1. The summed E-state index contributed by atoms with van der Waals surface area (Å²) in [6.45, 7) is 0.792. The quantitative estimate of drug-likeness (QED) is 0.134. The second-order valence-corrected chi connectivity index (χ2v) is 8.92. The molecule has 0 atom stereocenters. The highest BCUT2D eigenvalue weighted by atomic mass is 79.9. The van der Waals surface area contributed by atoms with Crippen LogP contribution >= 0.6 is 27.3 Å². The van der Waals surface area contributed by atoms with Gasteiger partial charge in [-0.3, -0.25) is 9.48 Å². The van der Waals surface area contributed by atoms with Crippen molar-refractivity contribution in [1.82, 2.24) is 25.0 Å². The molecule has 3 aromatic heterocycles. The van der Waals surface area contributed by atoms with Crippen LogP contribution in [0, 0.1) is 0 Å². The smallest absolute Gasteiger partial charge is 0.358 e. The summed E-state index contributed by atoms with van der Waals surface area (Å²) in [6, 6.07) is 7.55. The van der Waals surface area contributed by atoms with Gasteiger partial charge in [0.25, 0.3) is 0 Å². The lowest BCUT2D eigenvalue weighted by atomic mass is 10.1. The highest BCUT2D eigenvalue weighted by molar-refractivity contribution is 9.09. The van der Waals surface area contributed by atoms with Crippen molar-refractivity contribution in [2.45, 2.75) is 38.8 Å². The lowest BCUT2D eigenvalue weighted by Gasteiger charge is -2.00. The second-order valence-electron chi connectivity index (χ2n) is 7.27.